The SMILES string of the molecule is CN(C)C(=O)C(=Nc1ccccc1)c1ccncc1. The molecular weight excluding hydrogens is 238 g/mol. The first-order valence-electron chi connectivity index (χ1n) is 5.94. The summed E-state index contributed by atoms with van der Waals surface area (Å²) in [6.45, 7) is 0. The van der Waals surface area contributed by atoms with Crippen LogP contribution < -0.4 is 0 Å². The normalized spacial score (nSPS) is 11.2. The molecule has 0 aliphatic rings. The van der Waals surface area contributed by atoms with Gasteiger partial charge in [0.15, 0.2) is 0 Å². The van der Waals surface area contributed by atoms with Gasteiger partial charge in [-0.15, -0.1) is 0 Å². The molecule has 0 saturated heterocycles. The summed E-state index contributed by atoms with van der Waals surface area (Å²) >= 11 is 0. The molecule has 4 heteroatoms. The summed E-state index contributed by atoms with van der Waals surface area (Å²) in [5.41, 5.74) is 1.93. The van der Waals surface area contributed by atoms with Crippen LogP contribution in [0.2, 0.25) is 0 Å². The van der Waals surface area contributed by atoms with E-state index in [9.17, 15) is 4.79 Å². The van der Waals surface area contributed by atoms with Crippen LogP contribution in [0.1, 0.15) is 5.56 Å². The van der Waals surface area contributed by atoms with Crippen molar-refractivity contribution in [1.29, 1.82) is 0 Å². The third-order valence-electron chi connectivity index (χ3n) is 2.56. The standard InChI is InChI=1S/C15H15N3O/c1-18(2)15(19)14(12-8-10-16-11-9-12)17-13-6-4-3-5-7-13/h3-11H,1-2H3. The lowest BCUT2D eigenvalue weighted by Crippen LogP contribution is -2.30. The predicted octanol–water partition coefficient (Wildman–Crippen LogP) is 2.29. The largest absolute Gasteiger partial charge is 0.343 e. The van der Waals surface area contributed by atoms with Gasteiger partial charge in [0.2, 0.25) is 0 Å². The fourth-order valence-corrected chi connectivity index (χ4v) is 1.59. The van der Waals surface area contributed by atoms with Crippen molar-refractivity contribution in [3.05, 3.63) is 60.4 Å². The van der Waals surface area contributed by atoms with Gasteiger partial charge in [0, 0.05) is 32.1 Å². The van der Waals surface area contributed by atoms with Crippen molar-refractivity contribution >= 4 is 17.3 Å². The van der Waals surface area contributed by atoms with Crippen LogP contribution in [0.15, 0.2) is 59.9 Å². The first kappa shape index (κ1) is 13.0. The topological polar surface area (TPSA) is 45.6 Å². The van der Waals surface area contributed by atoms with Gasteiger partial charge >= 0.3 is 0 Å². The molecule has 2 rings (SSSR count). The molecule has 1 aromatic carbocycles. The van der Waals surface area contributed by atoms with E-state index < -0.39 is 0 Å². The Hall–Kier alpha value is -2.49. The molecule has 0 fully saturated rings. The Balaban J connectivity index is 2.47. The predicted molar refractivity (Wildman–Crippen MR) is 75.6 cm³/mol. The molecule has 0 aliphatic heterocycles. The van der Waals surface area contributed by atoms with Gasteiger partial charge in [0.05, 0.1) is 5.69 Å². The second-order valence-electron chi connectivity index (χ2n) is 4.23. The maximum atomic E-state index is 12.2. The van der Waals surface area contributed by atoms with Crippen LogP contribution in [0.25, 0.3) is 0 Å². The van der Waals surface area contributed by atoms with Gasteiger partial charge in [-0.05, 0) is 24.3 Å². The van der Waals surface area contributed by atoms with Gasteiger partial charge < -0.3 is 4.90 Å². The van der Waals surface area contributed by atoms with Crippen molar-refractivity contribution in [1.82, 2.24) is 9.88 Å². The van der Waals surface area contributed by atoms with Crippen LogP contribution in [0.4, 0.5) is 5.69 Å². The van der Waals surface area contributed by atoms with Crippen molar-refractivity contribution in [3.8, 4) is 0 Å². The molecule has 1 amide bonds. The van der Waals surface area contributed by atoms with Crippen molar-refractivity contribution < 1.29 is 4.79 Å². The minimum Gasteiger partial charge on any atom is -0.343 e. The van der Waals surface area contributed by atoms with E-state index in [-0.39, 0.29) is 5.91 Å². The zero-order valence-corrected chi connectivity index (χ0v) is 10.9. The molecule has 1 aromatic heterocycles. The number of likely N-dealkylation sites (N-methyl/N-ethyl adjacent to an activating group) is 1. The van der Waals surface area contributed by atoms with E-state index in [2.05, 4.69) is 9.98 Å². The van der Waals surface area contributed by atoms with E-state index in [1.807, 2.05) is 30.3 Å². The molecule has 0 aliphatic carbocycles. The number of aromatic nitrogens is 1. The highest BCUT2D eigenvalue weighted by atomic mass is 16.2. The minimum atomic E-state index is -0.130. The third kappa shape index (κ3) is 3.25. The van der Waals surface area contributed by atoms with Crippen molar-refractivity contribution in [2.45, 2.75) is 0 Å². The fraction of sp³-hybridized carbons (Fsp3) is 0.133. The molecular formula is C15H15N3O. The fourth-order valence-electron chi connectivity index (χ4n) is 1.59. The number of nitrogens with zero attached hydrogens (tertiary/aromatic N) is 3. The van der Waals surface area contributed by atoms with Crippen LogP contribution in [0.3, 0.4) is 0 Å². The first-order chi connectivity index (χ1) is 9.18. The van der Waals surface area contributed by atoms with Gasteiger partial charge in [-0.3, -0.25) is 9.78 Å². The molecule has 2 aromatic rings. The average Bonchev–Trinajstić information content (AvgIpc) is 2.46. The molecule has 4 nitrogen and oxygen atoms in total. The smallest absolute Gasteiger partial charge is 0.272 e. The van der Waals surface area contributed by atoms with Crippen LogP contribution in [0, 0.1) is 0 Å². The minimum absolute atomic E-state index is 0.130. The van der Waals surface area contributed by atoms with Crippen molar-refractivity contribution in [2.24, 2.45) is 4.99 Å². The summed E-state index contributed by atoms with van der Waals surface area (Å²) in [4.78, 5) is 22.1. The summed E-state index contributed by atoms with van der Waals surface area (Å²) in [5.74, 6) is -0.130. The Kier molecular flexibility index (Phi) is 4.03. The highest BCUT2D eigenvalue weighted by Crippen LogP contribution is 2.13. The summed E-state index contributed by atoms with van der Waals surface area (Å²) < 4.78 is 0. The molecule has 1 heterocycles. The number of amides is 1. The maximum absolute atomic E-state index is 12.2. The first-order valence-corrected chi connectivity index (χ1v) is 5.94. The monoisotopic (exact) mass is 253 g/mol. The van der Waals surface area contributed by atoms with Crippen LogP contribution in [-0.4, -0.2) is 35.6 Å². The van der Waals surface area contributed by atoms with Crippen molar-refractivity contribution in [2.75, 3.05) is 14.1 Å². The van der Waals surface area contributed by atoms with E-state index in [1.165, 1.54) is 4.90 Å². The highest BCUT2D eigenvalue weighted by molar-refractivity contribution is 6.45. The Bertz CT molecular complexity index is 577. The second kappa shape index (κ2) is 5.91. The maximum Gasteiger partial charge on any atom is 0.272 e. The van der Waals surface area contributed by atoms with E-state index in [4.69, 9.17) is 0 Å². The third-order valence-corrected chi connectivity index (χ3v) is 2.56. The quantitative estimate of drug-likeness (QED) is 0.788. The second-order valence-corrected chi connectivity index (χ2v) is 4.23. The van der Waals surface area contributed by atoms with Crippen LogP contribution in [0.5, 0.6) is 0 Å². The lowest BCUT2D eigenvalue weighted by molar-refractivity contribution is -0.121. The number of benzene rings is 1. The average molecular weight is 253 g/mol. The molecule has 0 atom stereocenters. The van der Waals surface area contributed by atoms with Gasteiger partial charge in [0.1, 0.15) is 5.71 Å². The van der Waals surface area contributed by atoms with Gasteiger partial charge in [-0.25, -0.2) is 4.99 Å². The number of carbonyl (C=O) groups is 1. The highest BCUT2D eigenvalue weighted by Gasteiger charge is 2.15. The molecule has 0 radical (unpaired) electrons. The Morgan fingerprint density at radius 1 is 1.05 bits per heavy atom. The lowest BCUT2D eigenvalue weighted by Gasteiger charge is -2.12. The van der Waals surface area contributed by atoms with E-state index >= 15 is 0 Å². The van der Waals surface area contributed by atoms with Gasteiger partial charge in [-0.1, -0.05) is 18.2 Å². The molecule has 0 N–H and O–H groups in total. The van der Waals surface area contributed by atoms with Crippen molar-refractivity contribution in [3.63, 3.8) is 0 Å². The number of para-hydroxylation sites is 1. The molecule has 0 bridgehead atoms. The Morgan fingerprint density at radius 2 is 1.68 bits per heavy atom. The van der Waals surface area contributed by atoms with Crippen LogP contribution in [-0.2, 0) is 4.79 Å². The van der Waals surface area contributed by atoms with Gasteiger partial charge in [0.25, 0.3) is 5.91 Å². The molecule has 0 saturated carbocycles. The number of rotatable bonds is 3. The molecule has 19 heavy (non-hydrogen) atoms. The van der Waals surface area contributed by atoms with Crippen LogP contribution >= 0.6 is 0 Å². The number of carbonyl (C=O) groups excluding carboxylic acids is 1. The Labute approximate surface area is 112 Å². The number of hydrogen-bond acceptors (Lipinski definition) is 3. The molecule has 0 spiro atoms. The van der Waals surface area contributed by atoms with E-state index in [0.29, 0.717) is 5.71 Å². The summed E-state index contributed by atoms with van der Waals surface area (Å²) in [6.07, 6.45) is 3.30. The van der Waals surface area contributed by atoms with E-state index in [1.54, 1.807) is 38.6 Å². The van der Waals surface area contributed by atoms with Gasteiger partial charge in [-0.2, -0.15) is 0 Å². The zero-order chi connectivity index (χ0) is 13.7. The number of aliphatic imine (C=N–C) groups is 1. The lowest BCUT2D eigenvalue weighted by atomic mass is 10.1. The van der Waals surface area contributed by atoms with E-state index in [0.717, 1.165) is 11.3 Å². The molecule has 96 valence electrons. The molecule has 0 unspecified atom stereocenters. The summed E-state index contributed by atoms with van der Waals surface area (Å²) in [7, 11) is 3.42. The summed E-state index contributed by atoms with van der Waals surface area (Å²) in [5, 5.41) is 0. The zero-order valence-electron chi connectivity index (χ0n) is 10.9. The number of pyridine rings is 1. The summed E-state index contributed by atoms with van der Waals surface area (Å²) in [6, 6.07) is 13.0. The Morgan fingerprint density at radius 3 is 2.26 bits per heavy atom. The number of hydrogen-bond donors (Lipinski definition) is 0.